The summed E-state index contributed by atoms with van der Waals surface area (Å²) in [5.41, 5.74) is 4.06. The van der Waals surface area contributed by atoms with Crippen molar-refractivity contribution in [1.82, 2.24) is 9.88 Å². The normalized spacial score (nSPS) is 28.3. The first-order valence-electron chi connectivity index (χ1n) is 7.71. The van der Waals surface area contributed by atoms with Gasteiger partial charge in [0, 0.05) is 48.1 Å². The molecule has 3 heteroatoms. The summed E-state index contributed by atoms with van der Waals surface area (Å²) >= 11 is 0. The van der Waals surface area contributed by atoms with E-state index in [0.717, 1.165) is 32.2 Å². The lowest BCUT2D eigenvalue weighted by molar-refractivity contribution is -0.113. The summed E-state index contributed by atoms with van der Waals surface area (Å²) in [6, 6.07) is 7.01. The van der Waals surface area contributed by atoms with Crippen LogP contribution in [0, 0.1) is 5.92 Å². The predicted molar refractivity (Wildman–Crippen MR) is 84.5 cm³/mol. The first-order valence-corrected chi connectivity index (χ1v) is 7.71. The van der Waals surface area contributed by atoms with E-state index < -0.39 is 0 Å². The van der Waals surface area contributed by atoms with Crippen LogP contribution in [-0.4, -0.2) is 35.3 Å². The van der Waals surface area contributed by atoms with E-state index in [1.165, 1.54) is 22.0 Å². The Morgan fingerprint density at radius 3 is 3.14 bits per heavy atom. The highest BCUT2D eigenvalue weighted by atomic mass is 16.1. The predicted octanol–water partition coefficient (Wildman–Crippen LogP) is 2.88. The van der Waals surface area contributed by atoms with Crippen molar-refractivity contribution < 1.29 is 4.79 Å². The van der Waals surface area contributed by atoms with Crippen LogP contribution in [0.4, 0.5) is 0 Å². The van der Waals surface area contributed by atoms with Gasteiger partial charge in [0.2, 0.25) is 0 Å². The van der Waals surface area contributed by atoms with Gasteiger partial charge in [-0.05, 0) is 30.0 Å². The first kappa shape index (κ1) is 12.8. The van der Waals surface area contributed by atoms with Gasteiger partial charge in [0.15, 0.2) is 0 Å². The van der Waals surface area contributed by atoms with E-state index in [9.17, 15) is 4.79 Å². The topological polar surface area (TPSA) is 36.1 Å². The zero-order chi connectivity index (χ0) is 14.4. The van der Waals surface area contributed by atoms with E-state index in [2.05, 4.69) is 40.9 Å². The number of nitrogens with zero attached hydrogens (tertiary/aromatic N) is 1. The van der Waals surface area contributed by atoms with E-state index >= 15 is 0 Å². The molecule has 4 rings (SSSR count). The van der Waals surface area contributed by atoms with E-state index in [1.807, 2.05) is 6.08 Å². The summed E-state index contributed by atoms with van der Waals surface area (Å²) in [7, 11) is 0. The van der Waals surface area contributed by atoms with Crippen molar-refractivity contribution in [2.75, 3.05) is 13.1 Å². The molecule has 1 saturated heterocycles. The van der Waals surface area contributed by atoms with Gasteiger partial charge in [-0.1, -0.05) is 18.2 Å². The van der Waals surface area contributed by atoms with Crippen molar-refractivity contribution in [3.05, 3.63) is 48.2 Å². The van der Waals surface area contributed by atoms with Crippen LogP contribution in [0.15, 0.2) is 37.1 Å². The summed E-state index contributed by atoms with van der Waals surface area (Å²) in [6.45, 7) is 5.61. The Hall–Kier alpha value is -1.87. The van der Waals surface area contributed by atoms with Gasteiger partial charge in [0.1, 0.15) is 6.29 Å². The average molecular weight is 280 g/mol. The number of piperidine rings is 1. The zero-order valence-corrected chi connectivity index (χ0v) is 12.1. The zero-order valence-electron chi connectivity index (χ0n) is 12.1. The number of carbonyl (C=O) groups excluding carboxylic acids is 1. The molecule has 1 aliphatic heterocycles. The van der Waals surface area contributed by atoms with Crippen LogP contribution < -0.4 is 0 Å². The molecule has 1 fully saturated rings. The van der Waals surface area contributed by atoms with Crippen molar-refractivity contribution in [1.29, 1.82) is 0 Å². The summed E-state index contributed by atoms with van der Waals surface area (Å²) in [5.74, 6) is 0.600. The molecule has 0 bridgehead atoms. The molecular formula is C18H20N2O. The molecule has 3 nitrogen and oxygen atoms in total. The number of fused-ring (bicyclic) bond motifs is 2. The van der Waals surface area contributed by atoms with Gasteiger partial charge in [0.25, 0.3) is 0 Å². The lowest BCUT2D eigenvalue weighted by Gasteiger charge is -2.45. The number of likely N-dealkylation sites (tertiary alicyclic amines) is 1. The molecule has 108 valence electrons. The number of carbonyl (C=O) groups is 1. The monoisotopic (exact) mass is 280 g/mol. The highest BCUT2D eigenvalue weighted by molar-refractivity contribution is 5.88. The van der Waals surface area contributed by atoms with Crippen LogP contribution in [0.2, 0.25) is 0 Å². The van der Waals surface area contributed by atoms with Crippen LogP contribution in [-0.2, 0) is 11.2 Å². The Labute approximate surface area is 124 Å². The fraction of sp³-hybridized carbons (Fsp3) is 0.389. The molecule has 1 N–H and O–H groups in total. The quantitative estimate of drug-likeness (QED) is 0.693. The van der Waals surface area contributed by atoms with Gasteiger partial charge in [-0.15, -0.1) is 6.58 Å². The number of aromatic amines is 1. The molecule has 1 aromatic carbocycles. The Kier molecular flexibility index (Phi) is 2.96. The summed E-state index contributed by atoms with van der Waals surface area (Å²) < 4.78 is 0. The number of aromatic nitrogens is 1. The second-order valence-electron chi connectivity index (χ2n) is 6.34. The number of benzene rings is 1. The van der Waals surface area contributed by atoms with Crippen molar-refractivity contribution in [2.45, 2.75) is 24.8 Å². The molecule has 0 unspecified atom stereocenters. The molecular weight excluding hydrogens is 260 g/mol. The third kappa shape index (κ3) is 1.88. The largest absolute Gasteiger partial charge is 0.361 e. The third-order valence-corrected chi connectivity index (χ3v) is 5.16. The van der Waals surface area contributed by atoms with Gasteiger partial charge in [-0.3, -0.25) is 4.90 Å². The minimum absolute atomic E-state index is 0.141. The van der Waals surface area contributed by atoms with Crippen LogP contribution in [0.1, 0.15) is 23.5 Å². The number of hydrogen-bond acceptors (Lipinski definition) is 2. The fourth-order valence-electron chi connectivity index (χ4n) is 4.31. The molecule has 2 heterocycles. The maximum Gasteiger partial charge on any atom is 0.124 e. The molecule has 1 aliphatic carbocycles. The number of nitrogens with one attached hydrogen (secondary N) is 1. The fourth-order valence-corrected chi connectivity index (χ4v) is 4.31. The van der Waals surface area contributed by atoms with E-state index in [4.69, 9.17) is 0 Å². The maximum atomic E-state index is 11.4. The molecule has 3 atom stereocenters. The van der Waals surface area contributed by atoms with Gasteiger partial charge < -0.3 is 9.78 Å². The number of hydrogen-bond donors (Lipinski definition) is 1. The number of rotatable bonds is 3. The highest BCUT2D eigenvalue weighted by Crippen LogP contribution is 2.44. The average Bonchev–Trinajstić information content (AvgIpc) is 2.93. The summed E-state index contributed by atoms with van der Waals surface area (Å²) in [4.78, 5) is 17.2. The van der Waals surface area contributed by atoms with Crippen molar-refractivity contribution in [2.24, 2.45) is 5.92 Å². The van der Waals surface area contributed by atoms with Crippen LogP contribution in [0.5, 0.6) is 0 Å². The second-order valence-corrected chi connectivity index (χ2v) is 6.34. The Morgan fingerprint density at radius 2 is 2.33 bits per heavy atom. The molecule has 1 aromatic heterocycles. The van der Waals surface area contributed by atoms with Crippen molar-refractivity contribution in [3.8, 4) is 0 Å². The Morgan fingerprint density at radius 1 is 1.43 bits per heavy atom. The molecule has 0 radical (unpaired) electrons. The molecule has 2 aromatic rings. The molecule has 21 heavy (non-hydrogen) atoms. The van der Waals surface area contributed by atoms with Crippen LogP contribution in [0.25, 0.3) is 10.9 Å². The van der Waals surface area contributed by atoms with Crippen molar-refractivity contribution in [3.63, 3.8) is 0 Å². The Balaban J connectivity index is 1.83. The van der Waals surface area contributed by atoms with Gasteiger partial charge >= 0.3 is 0 Å². The minimum Gasteiger partial charge on any atom is -0.361 e. The van der Waals surface area contributed by atoms with Crippen LogP contribution >= 0.6 is 0 Å². The van der Waals surface area contributed by atoms with Gasteiger partial charge in [-0.25, -0.2) is 0 Å². The second kappa shape index (κ2) is 4.85. The molecule has 0 spiro atoms. The highest BCUT2D eigenvalue weighted by Gasteiger charge is 2.40. The smallest absolute Gasteiger partial charge is 0.124 e. The standard InChI is InChI=1S/C18H20N2O/c1-2-6-20-10-12(11-21)7-15-14-4-3-5-16-18(14)13(9-19-16)8-17(15)20/h2-5,9,11-12,15,17,19H,1,6-8,10H2/t12-,15-,17-/m1/s1. The van der Waals surface area contributed by atoms with Gasteiger partial charge in [-0.2, -0.15) is 0 Å². The third-order valence-electron chi connectivity index (χ3n) is 5.16. The Bertz CT molecular complexity index is 702. The lowest BCUT2D eigenvalue weighted by atomic mass is 9.72. The van der Waals surface area contributed by atoms with Gasteiger partial charge in [0.05, 0.1) is 0 Å². The minimum atomic E-state index is 0.141. The molecule has 2 aliphatic rings. The van der Waals surface area contributed by atoms with E-state index in [1.54, 1.807) is 0 Å². The SMILES string of the molecule is C=CCN1C[C@H](C=O)C[C@@H]2c3cccc4[nH]cc(c34)C[C@H]21. The van der Waals surface area contributed by atoms with E-state index in [-0.39, 0.29) is 5.92 Å². The molecule has 0 amide bonds. The first-order chi connectivity index (χ1) is 10.3. The van der Waals surface area contributed by atoms with Crippen LogP contribution in [0.3, 0.4) is 0 Å². The number of aldehydes is 1. The van der Waals surface area contributed by atoms with Crippen molar-refractivity contribution >= 4 is 17.2 Å². The maximum absolute atomic E-state index is 11.4. The summed E-state index contributed by atoms with van der Waals surface area (Å²) in [6.07, 6.45) is 7.30. The molecule has 0 saturated carbocycles. The lowest BCUT2D eigenvalue weighted by Crippen LogP contribution is -2.50. The summed E-state index contributed by atoms with van der Waals surface area (Å²) in [5, 5.41) is 1.39. The van der Waals surface area contributed by atoms with E-state index in [0.29, 0.717) is 12.0 Å². The number of H-pyrrole nitrogens is 1.